The molecule has 0 aromatic heterocycles. The average molecular weight is 335 g/mol. The number of nitrogens with two attached hydrogens (primary N) is 1. The van der Waals surface area contributed by atoms with Gasteiger partial charge in [0.25, 0.3) is 0 Å². The first-order valence-electron chi connectivity index (χ1n) is 6.87. The normalized spacial score (nSPS) is 12.0. The average Bonchev–Trinajstić information content (AvgIpc) is 2.39. The van der Waals surface area contributed by atoms with Crippen molar-refractivity contribution in [1.82, 2.24) is 4.72 Å². The molecule has 0 saturated heterocycles. The minimum atomic E-state index is -3.60. The highest BCUT2D eigenvalue weighted by Crippen LogP contribution is 2.25. The molecule has 0 aliphatic rings. The first kappa shape index (κ1) is 18.2. The molecule has 0 heterocycles. The SMILES string of the molecule is Cc1c(N)cc(S(=O)(=O)NCCCOCC(C)C)cc1Cl. The van der Waals surface area contributed by atoms with Crippen LogP contribution in [-0.4, -0.2) is 28.2 Å². The molecule has 0 unspecified atom stereocenters. The van der Waals surface area contributed by atoms with Crippen molar-refractivity contribution in [2.24, 2.45) is 5.92 Å². The van der Waals surface area contributed by atoms with Crippen LogP contribution in [0.5, 0.6) is 0 Å². The van der Waals surface area contributed by atoms with Gasteiger partial charge in [-0.2, -0.15) is 0 Å². The molecule has 0 bridgehead atoms. The third-order valence-corrected chi connectivity index (χ3v) is 4.71. The molecule has 0 radical (unpaired) electrons. The topological polar surface area (TPSA) is 81.4 Å². The van der Waals surface area contributed by atoms with Gasteiger partial charge in [0.1, 0.15) is 0 Å². The fourth-order valence-electron chi connectivity index (χ4n) is 1.61. The molecule has 0 spiro atoms. The number of hydrogen-bond acceptors (Lipinski definition) is 4. The van der Waals surface area contributed by atoms with Crippen molar-refractivity contribution in [3.63, 3.8) is 0 Å². The van der Waals surface area contributed by atoms with E-state index >= 15 is 0 Å². The highest BCUT2D eigenvalue weighted by molar-refractivity contribution is 7.89. The largest absolute Gasteiger partial charge is 0.398 e. The predicted octanol–water partition coefficient (Wildman–Crippen LogP) is 2.57. The number of nitrogen functional groups attached to an aromatic ring is 1. The van der Waals surface area contributed by atoms with Gasteiger partial charge in [0.2, 0.25) is 10.0 Å². The number of sulfonamides is 1. The van der Waals surface area contributed by atoms with E-state index < -0.39 is 10.0 Å². The summed E-state index contributed by atoms with van der Waals surface area (Å²) in [5.74, 6) is 0.472. The predicted molar refractivity (Wildman–Crippen MR) is 86.1 cm³/mol. The van der Waals surface area contributed by atoms with E-state index in [1.165, 1.54) is 12.1 Å². The minimum Gasteiger partial charge on any atom is -0.398 e. The van der Waals surface area contributed by atoms with E-state index in [0.29, 0.717) is 48.4 Å². The fraction of sp³-hybridized carbons (Fsp3) is 0.571. The summed E-state index contributed by atoms with van der Waals surface area (Å²) in [5, 5.41) is 0.343. The molecule has 0 aliphatic heterocycles. The molecular weight excluding hydrogens is 312 g/mol. The van der Waals surface area contributed by atoms with Gasteiger partial charge in [-0.05, 0) is 37.0 Å². The van der Waals surface area contributed by atoms with E-state index in [1.54, 1.807) is 6.92 Å². The lowest BCUT2D eigenvalue weighted by Gasteiger charge is -2.10. The van der Waals surface area contributed by atoms with Gasteiger partial charge in [-0.15, -0.1) is 0 Å². The molecule has 0 amide bonds. The van der Waals surface area contributed by atoms with Crippen LogP contribution in [0.2, 0.25) is 5.02 Å². The van der Waals surface area contributed by atoms with Crippen molar-refractivity contribution < 1.29 is 13.2 Å². The van der Waals surface area contributed by atoms with Gasteiger partial charge in [-0.25, -0.2) is 13.1 Å². The fourth-order valence-corrected chi connectivity index (χ4v) is 3.04. The molecule has 0 saturated carbocycles. The Bertz CT molecular complexity index is 551. The standard InChI is InChI=1S/C14H23ClN2O3S/c1-10(2)9-20-6-4-5-17-21(18,19)12-7-13(15)11(3)14(16)8-12/h7-8,10,17H,4-6,9,16H2,1-3H3. The van der Waals surface area contributed by atoms with Crippen LogP contribution in [-0.2, 0) is 14.8 Å². The van der Waals surface area contributed by atoms with E-state index in [9.17, 15) is 8.42 Å². The van der Waals surface area contributed by atoms with Gasteiger partial charge >= 0.3 is 0 Å². The Hall–Kier alpha value is -0.820. The second-order valence-corrected chi connectivity index (χ2v) is 7.51. The van der Waals surface area contributed by atoms with E-state index in [-0.39, 0.29) is 4.90 Å². The first-order chi connectivity index (χ1) is 9.74. The Morgan fingerprint density at radius 2 is 2.05 bits per heavy atom. The Morgan fingerprint density at radius 1 is 1.38 bits per heavy atom. The molecule has 1 aromatic carbocycles. The zero-order valence-corrected chi connectivity index (χ0v) is 14.2. The molecular formula is C14H23ClN2O3S. The number of benzene rings is 1. The molecule has 1 rings (SSSR count). The lowest BCUT2D eigenvalue weighted by atomic mass is 10.2. The van der Waals surface area contributed by atoms with Crippen LogP contribution in [0.15, 0.2) is 17.0 Å². The summed E-state index contributed by atoms with van der Waals surface area (Å²) in [6, 6.07) is 2.82. The minimum absolute atomic E-state index is 0.0821. The zero-order chi connectivity index (χ0) is 16.0. The van der Waals surface area contributed by atoms with Crippen molar-refractivity contribution in [2.75, 3.05) is 25.5 Å². The van der Waals surface area contributed by atoms with Crippen LogP contribution in [0.25, 0.3) is 0 Å². The Labute approximate surface area is 131 Å². The quantitative estimate of drug-likeness (QED) is 0.565. The van der Waals surface area contributed by atoms with Gasteiger partial charge in [0, 0.05) is 30.5 Å². The molecule has 5 nitrogen and oxygen atoms in total. The van der Waals surface area contributed by atoms with E-state index in [0.717, 1.165) is 0 Å². The summed E-state index contributed by atoms with van der Waals surface area (Å²) >= 11 is 5.97. The van der Waals surface area contributed by atoms with Crippen LogP contribution in [0.3, 0.4) is 0 Å². The third-order valence-electron chi connectivity index (χ3n) is 2.88. The highest BCUT2D eigenvalue weighted by Gasteiger charge is 2.16. The summed E-state index contributed by atoms with van der Waals surface area (Å²) in [7, 11) is -3.60. The van der Waals surface area contributed by atoms with Gasteiger partial charge in [0.05, 0.1) is 4.90 Å². The number of hydrogen-bond donors (Lipinski definition) is 2. The first-order valence-corrected chi connectivity index (χ1v) is 8.73. The van der Waals surface area contributed by atoms with Gasteiger partial charge in [0.15, 0.2) is 0 Å². The maximum absolute atomic E-state index is 12.1. The lowest BCUT2D eigenvalue weighted by Crippen LogP contribution is -2.26. The van der Waals surface area contributed by atoms with Crippen molar-refractivity contribution in [3.8, 4) is 0 Å². The molecule has 1 aromatic rings. The van der Waals surface area contributed by atoms with Crippen molar-refractivity contribution in [1.29, 1.82) is 0 Å². The van der Waals surface area contributed by atoms with Crippen molar-refractivity contribution in [2.45, 2.75) is 32.1 Å². The van der Waals surface area contributed by atoms with Crippen LogP contribution in [0, 0.1) is 12.8 Å². The van der Waals surface area contributed by atoms with Crippen LogP contribution >= 0.6 is 11.6 Å². The molecule has 0 fully saturated rings. The molecule has 21 heavy (non-hydrogen) atoms. The second kappa shape index (κ2) is 7.98. The zero-order valence-electron chi connectivity index (χ0n) is 12.6. The van der Waals surface area contributed by atoms with E-state index in [4.69, 9.17) is 22.1 Å². The number of anilines is 1. The van der Waals surface area contributed by atoms with Gasteiger partial charge in [-0.1, -0.05) is 25.4 Å². The lowest BCUT2D eigenvalue weighted by molar-refractivity contribution is 0.108. The number of ether oxygens (including phenoxy) is 1. The highest BCUT2D eigenvalue weighted by atomic mass is 35.5. The summed E-state index contributed by atoms with van der Waals surface area (Å²) in [5.41, 5.74) is 6.79. The number of nitrogens with one attached hydrogen (secondary N) is 1. The summed E-state index contributed by atoms with van der Waals surface area (Å²) in [4.78, 5) is 0.0821. The van der Waals surface area contributed by atoms with Gasteiger partial charge < -0.3 is 10.5 Å². The van der Waals surface area contributed by atoms with E-state index in [1.807, 2.05) is 0 Å². The molecule has 0 aliphatic carbocycles. The Balaban J connectivity index is 2.54. The maximum atomic E-state index is 12.1. The number of rotatable bonds is 8. The van der Waals surface area contributed by atoms with Crippen LogP contribution in [0.4, 0.5) is 5.69 Å². The van der Waals surface area contributed by atoms with E-state index in [2.05, 4.69) is 18.6 Å². The number of halogens is 1. The van der Waals surface area contributed by atoms with Crippen molar-refractivity contribution in [3.05, 3.63) is 22.7 Å². The summed E-state index contributed by atoms with van der Waals surface area (Å²) < 4.78 is 32.2. The second-order valence-electron chi connectivity index (χ2n) is 5.34. The molecule has 120 valence electrons. The van der Waals surface area contributed by atoms with Crippen molar-refractivity contribution >= 4 is 27.3 Å². The Morgan fingerprint density at radius 3 is 2.62 bits per heavy atom. The third kappa shape index (κ3) is 5.82. The van der Waals surface area contributed by atoms with Gasteiger partial charge in [-0.3, -0.25) is 0 Å². The maximum Gasteiger partial charge on any atom is 0.240 e. The monoisotopic (exact) mass is 334 g/mol. The molecule has 7 heteroatoms. The molecule has 0 atom stereocenters. The summed E-state index contributed by atoms with van der Waals surface area (Å²) in [6.45, 7) is 7.39. The summed E-state index contributed by atoms with van der Waals surface area (Å²) in [6.07, 6.45) is 0.612. The molecule has 3 N–H and O–H groups in total. The Kier molecular flexibility index (Phi) is 6.93. The van der Waals surface area contributed by atoms with Crippen LogP contribution in [0.1, 0.15) is 25.8 Å². The smallest absolute Gasteiger partial charge is 0.240 e. The van der Waals surface area contributed by atoms with Crippen LogP contribution < -0.4 is 10.5 Å².